The second kappa shape index (κ2) is 8.14. The minimum Gasteiger partial charge on any atom is -0.391 e. The molecule has 0 radical (unpaired) electrons. The summed E-state index contributed by atoms with van der Waals surface area (Å²) in [5.74, 6) is 0.358. The standard InChI is InChI=1S/C13H19NO2S/c1-2-6-11(15)9-14-13(16)10-17-12-7-4-3-5-8-12/h3-5,7-8,11,15H,2,6,9-10H2,1H3,(H,14,16)/t11-/m1/s1. The zero-order valence-electron chi connectivity index (χ0n) is 10.1. The Kier molecular flexibility index (Phi) is 6.74. The zero-order chi connectivity index (χ0) is 12.5. The minimum absolute atomic E-state index is 0.0333. The largest absolute Gasteiger partial charge is 0.391 e. The number of carbonyl (C=O) groups is 1. The zero-order valence-corrected chi connectivity index (χ0v) is 10.9. The van der Waals surface area contributed by atoms with Crippen molar-refractivity contribution < 1.29 is 9.90 Å². The molecule has 1 aromatic carbocycles. The molecule has 0 aliphatic heterocycles. The predicted molar refractivity (Wildman–Crippen MR) is 71.1 cm³/mol. The monoisotopic (exact) mass is 253 g/mol. The van der Waals surface area contributed by atoms with Crippen LogP contribution in [0.1, 0.15) is 19.8 Å². The molecule has 1 rings (SSSR count). The molecule has 3 nitrogen and oxygen atoms in total. The van der Waals surface area contributed by atoms with Crippen molar-refractivity contribution in [1.82, 2.24) is 5.32 Å². The summed E-state index contributed by atoms with van der Waals surface area (Å²) < 4.78 is 0. The third kappa shape index (κ3) is 6.34. The second-order valence-electron chi connectivity index (χ2n) is 3.85. The molecule has 1 amide bonds. The Balaban J connectivity index is 2.17. The lowest BCUT2D eigenvalue weighted by atomic mass is 10.2. The third-order valence-corrected chi connectivity index (χ3v) is 3.28. The molecule has 4 heteroatoms. The highest BCUT2D eigenvalue weighted by Gasteiger charge is 2.06. The molecular formula is C13H19NO2S. The van der Waals surface area contributed by atoms with E-state index in [1.165, 1.54) is 11.8 Å². The minimum atomic E-state index is -0.425. The molecule has 0 saturated heterocycles. The number of carbonyl (C=O) groups excluding carboxylic acids is 1. The molecule has 0 aliphatic rings. The van der Waals surface area contributed by atoms with Crippen LogP contribution in [0.2, 0.25) is 0 Å². The van der Waals surface area contributed by atoms with Gasteiger partial charge in [0.2, 0.25) is 5.91 Å². The average molecular weight is 253 g/mol. The SMILES string of the molecule is CCC[C@@H](O)CNC(=O)CSc1ccccc1. The summed E-state index contributed by atoms with van der Waals surface area (Å²) in [5.41, 5.74) is 0. The van der Waals surface area contributed by atoms with Crippen molar-refractivity contribution in [2.75, 3.05) is 12.3 Å². The lowest BCUT2D eigenvalue weighted by Crippen LogP contribution is -2.33. The van der Waals surface area contributed by atoms with Crippen LogP contribution in [0.4, 0.5) is 0 Å². The fourth-order valence-corrected chi connectivity index (χ4v) is 2.13. The fourth-order valence-electron chi connectivity index (χ4n) is 1.38. The Morgan fingerprint density at radius 3 is 2.76 bits per heavy atom. The maximum Gasteiger partial charge on any atom is 0.230 e. The molecule has 0 aliphatic carbocycles. The number of benzene rings is 1. The molecule has 0 heterocycles. The van der Waals surface area contributed by atoms with Gasteiger partial charge < -0.3 is 10.4 Å². The van der Waals surface area contributed by atoms with Gasteiger partial charge in [0.25, 0.3) is 0 Å². The summed E-state index contributed by atoms with van der Waals surface area (Å²) in [5, 5.41) is 12.2. The first-order valence-corrected chi connectivity index (χ1v) is 6.83. The average Bonchev–Trinajstić information content (AvgIpc) is 2.35. The van der Waals surface area contributed by atoms with E-state index in [0.29, 0.717) is 12.3 Å². The van der Waals surface area contributed by atoms with Crippen molar-refractivity contribution in [3.63, 3.8) is 0 Å². The highest BCUT2D eigenvalue weighted by atomic mass is 32.2. The first kappa shape index (κ1) is 14.1. The van der Waals surface area contributed by atoms with E-state index in [2.05, 4.69) is 5.32 Å². The van der Waals surface area contributed by atoms with Crippen LogP contribution in [0.3, 0.4) is 0 Å². The summed E-state index contributed by atoms with van der Waals surface area (Å²) in [7, 11) is 0. The molecule has 0 spiro atoms. The number of hydrogen-bond acceptors (Lipinski definition) is 3. The number of nitrogens with one attached hydrogen (secondary N) is 1. The van der Waals surface area contributed by atoms with Gasteiger partial charge in [-0.15, -0.1) is 11.8 Å². The highest BCUT2D eigenvalue weighted by Crippen LogP contribution is 2.16. The van der Waals surface area contributed by atoms with Crippen LogP contribution in [0.25, 0.3) is 0 Å². The topological polar surface area (TPSA) is 49.3 Å². The number of amides is 1. The Hall–Kier alpha value is -1.00. The second-order valence-corrected chi connectivity index (χ2v) is 4.90. The summed E-state index contributed by atoms with van der Waals surface area (Å²) >= 11 is 1.50. The van der Waals surface area contributed by atoms with E-state index in [9.17, 15) is 9.90 Å². The van der Waals surface area contributed by atoms with Gasteiger partial charge in [0.15, 0.2) is 0 Å². The van der Waals surface area contributed by atoms with E-state index in [1.807, 2.05) is 37.3 Å². The van der Waals surface area contributed by atoms with E-state index in [-0.39, 0.29) is 5.91 Å². The van der Waals surface area contributed by atoms with Gasteiger partial charge in [0.05, 0.1) is 11.9 Å². The van der Waals surface area contributed by atoms with Crippen LogP contribution in [-0.2, 0) is 4.79 Å². The quantitative estimate of drug-likeness (QED) is 0.731. The number of hydrogen-bond donors (Lipinski definition) is 2. The van der Waals surface area contributed by atoms with Crippen LogP contribution in [-0.4, -0.2) is 29.4 Å². The lowest BCUT2D eigenvalue weighted by molar-refractivity contribution is -0.119. The summed E-state index contributed by atoms with van der Waals surface area (Å²) in [6, 6.07) is 9.80. The van der Waals surface area contributed by atoms with Crippen LogP contribution >= 0.6 is 11.8 Å². The molecular weight excluding hydrogens is 234 g/mol. The van der Waals surface area contributed by atoms with Crippen molar-refractivity contribution in [1.29, 1.82) is 0 Å². The number of aliphatic hydroxyl groups excluding tert-OH is 1. The van der Waals surface area contributed by atoms with E-state index >= 15 is 0 Å². The smallest absolute Gasteiger partial charge is 0.230 e. The maximum atomic E-state index is 11.5. The van der Waals surface area contributed by atoms with Gasteiger partial charge in [-0.2, -0.15) is 0 Å². The van der Waals surface area contributed by atoms with Crippen molar-refractivity contribution in [2.24, 2.45) is 0 Å². The number of rotatable bonds is 7. The third-order valence-electron chi connectivity index (χ3n) is 2.27. The first-order valence-electron chi connectivity index (χ1n) is 5.85. The number of thioether (sulfide) groups is 1. The van der Waals surface area contributed by atoms with E-state index in [4.69, 9.17) is 0 Å². The van der Waals surface area contributed by atoms with Gasteiger partial charge in [-0.3, -0.25) is 4.79 Å². The van der Waals surface area contributed by atoms with Crippen LogP contribution < -0.4 is 5.32 Å². The van der Waals surface area contributed by atoms with Gasteiger partial charge in [-0.05, 0) is 18.6 Å². The fraction of sp³-hybridized carbons (Fsp3) is 0.462. The summed E-state index contributed by atoms with van der Waals surface area (Å²) in [4.78, 5) is 12.6. The Labute approximate surface area is 107 Å². The number of aliphatic hydroxyl groups is 1. The van der Waals surface area contributed by atoms with Gasteiger partial charge in [0.1, 0.15) is 0 Å². The van der Waals surface area contributed by atoms with Crippen LogP contribution in [0, 0.1) is 0 Å². The van der Waals surface area contributed by atoms with Crippen LogP contribution in [0.5, 0.6) is 0 Å². The molecule has 1 atom stereocenters. The maximum absolute atomic E-state index is 11.5. The van der Waals surface area contributed by atoms with Crippen molar-refractivity contribution >= 4 is 17.7 Å². The molecule has 94 valence electrons. The van der Waals surface area contributed by atoms with Crippen molar-refractivity contribution in [2.45, 2.75) is 30.8 Å². The molecule has 0 fully saturated rings. The van der Waals surface area contributed by atoms with Crippen molar-refractivity contribution in [3.8, 4) is 0 Å². The normalized spacial score (nSPS) is 12.1. The Bertz CT molecular complexity index is 329. The van der Waals surface area contributed by atoms with Crippen LogP contribution in [0.15, 0.2) is 35.2 Å². The van der Waals surface area contributed by atoms with Gasteiger partial charge in [0, 0.05) is 11.4 Å². The Morgan fingerprint density at radius 1 is 1.41 bits per heavy atom. The molecule has 0 saturated carbocycles. The summed E-state index contributed by atoms with van der Waals surface area (Å²) in [6.45, 7) is 2.36. The molecule has 0 bridgehead atoms. The Morgan fingerprint density at radius 2 is 2.12 bits per heavy atom. The van der Waals surface area contributed by atoms with Gasteiger partial charge in [-0.1, -0.05) is 31.5 Å². The highest BCUT2D eigenvalue weighted by molar-refractivity contribution is 8.00. The van der Waals surface area contributed by atoms with Crippen molar-refractivity contribution in [3.05, 3.63) is 30.3 Å². The van der Waals surface area contributed by atoms with Gasteiger partial charge in [-0.25, -0.2) is 0 Å². The van der Waals surface area contributed by atoms with Gasteiger partial charge >= 0.3 is 0 Å². The van der Waals surface area contributed by atoms with E-state index < -0.39 is 6.10 Å². The van der Waals surface area contributed by atoms with E-state index in [1.54, 1.807) is 0 Å². The molecule has 2 N–H and O–H groups in total. The first-order chi connectivity index (χ1) is 8.22. The molecule has 17 heavy (non-hydrogen) atoms. The molecule has 0 aromatic heterocycles. The lowest BCUT2D eigenvalue weighted by Gasteiger charge is -2.10. The molecule has 0 unspecified atom stereocenters. The molecule has 1 aromatic rings. The predicted octanol–water partition coefficient (Wildman–Crippen LogP) is 2.06. The van der Waals surface area contributed by atoms with E-state index in [0.717, 1.165) is 17.7 Å². The summed E-state index contributed by atoms with van der Waals surface area (Å²) in [6.07, 6.45) is 1.23.